The van der Waals surface area contributed by atoms with Gasteiger partial charge in [-0.3, -0.25) is 10.1 Å². The second-order valence-electron chi connectivity index (χ2n) is 6.73. The van der Waals surface area contributed by atoms with E-state index in [9.17, 15) is 9.18 Å². The molecule has 1 saturated carbocycles. The molecule has 3 rings (SSSR count). The summed E-state index contributed by atoms with van der Waals surface area (Å²) in [5.74, 6) is 0.302. The third-order valence-electron chi connectivity index (χ3n) is 4.64. The summed E-state index contributed by atoms with van der Waals surface area (Å²) in [4.78, 5) is 18.8. The maximum Gasteiger partial charge on any atom is 0.223 e. The molecular weight excluding hydrogens is 317 g/mol. The molecule has 23 heavy (non-hydrogen) atoms. The van der Waals surface area contributed by atoms with Crippen molar-refractivity contribution in [1.29, 1.82) is 0 Å². The molecule has 2 aromatic rings. The lowest BCUT2D eigenvalue weighted by atomic mass is 10.0. The van der Waals surface area contributed by atoms with Crippen molar-refractivity contribution in [3.63, 3.8) is 0 Å². The average Bonchev–Trinajstić information content (AvgIpc) is 2.81. The first-order valence-corrected chi connectivity index (χ1v) is 7.88. The van der Waals surface area contributed by atoms with Crippen LogP contribution in [-0.2, 0) is 4.79 Å². The maximum absolute atomic E-state index is 13.4. The Bertz CT molecular complexity index is 784. The summed E-state index contributed by atoms with van der Waals surface area (Å²) in [5.41, 5.74) is 2.87. The molecule has 1 amide bonds. The van der Waals surface area contributed by atoms with Crippen LogP contribution in [0.5, 0.6) is 0 Å². The monoisotopic (exact) mass is 335 g/mol. The fourth-order valence-corrected chi connectivity index (χ4v) is 3.67. The van der Waals surface area contributed by atoms with Gasteiger partial charge in [0.1, 0.15) is 5.82 Å². The number of carbonyl (C=O) groups excluding carboxylic acids is 1. The molecule has 0 aliphatic heterocycles. The topological polar surface area (TPSA) is 57.8 Å². The average molecular weight is 336 g/mol. The number of aryl methyl sites for hydroxylation is 1. The van der Waals surface area contributed by atoms with Crippen molar-refractivity contribution in [2.24, 2.45) is 5.41 Å². The molecule has 0 bridgehead atoms. The number of halogens is 2. The smallest absolute Gasteiger partial charge is 0.223 e. The van der Waals surface area contributed by atoms with E-state index in [4.69, 9.17) is 11.6 Å². The Kier molecular flexibility index (Phi) is 3.71. The number of hydrogen-bond donors (Lipinski definition) is 2. The first-order valence-electron chi connectivity index (χ1n) is 7.51. The summed E-state index contributed by atoms with van der Waals surface area (Å²) >= 11 is 5.92. The molecular formula is C17H19ClFN3O. The van der Waals surface area contributed by atoms with E-state index >= 15 is 0 Å². The van der Waals surface area contributed by atoms with E-state index in [1.807, 2.05) is 6.92 Å². The van der Waals surface area contributed by atoms with Crippen LogP contribution in [0.3, 0.4) is 0 Å². The Hall–Kier alpha value is -1.88. The fourth-order valence-electron chi connectivity index (χ4n) is 3.48. The standard InChI is InChI=1S/C17H19ClFN3O/c1-8-15(22-16(20-8)21-9(2)23)14-13(17(14,3)4)10-5-6-12(19)11(18)7-10/h5-7,13-14H,1-4H3,(H2,20,21,22,23)/t13-,14+/m1/s1. The molecule has 1 fully saturated rings. The maximum atomic E-state index is 13.4. The lowest BCUT2D eigenvalue weighted by Crippen LogP contribution is -2.07. The summed E-state index contributed by atoms with van der Waals surface area (Å²) in [6.07, 6.45) is 0. The number of imidazole rings is 1. The number of nitrogens with one attached hydrogen (secondary N) is 2. The van der Waals surface area contributed by atoms with Crippen molar-refractivity contribution < 1.29 is 9.18 Å². The van der Waals surface area contributed by atoms with Gasteiger partial charge in [-0.05, 0) is 36.0 Å². The Labute approximate surface area is 139 Å². The van der Waals surface area contributed by atoms with Gasteiger partial charge in [0.2, 0.25) is 11.9 Å². The molecule has 1 aliphatic carbocycles. The molecule has 0 spiro atoms. The third-order valence-corrected chi connectivity index (χ3v) is 4.93. The molecule has 122 valence electrons. The second-order valence-corrected chi connectivity index (χ2v) is 7.13. The molecule has 1 aliphatic rings. The minimum atomic E-state index is -0.408. The summed E-state index contributed by atoms with van der Waals surface area (Å²) in [7, 11) is 0. The second kappa shape index (κ2) is 5.34. The van der Waals surface area contributed by atoms with Crippen LogP contribution in [-0.4, -0.2) is 15.9 Å². The normalized spacial score (nSPS) is 22.0. The first kappa shape index (κ1) is 16.0. The van der Waals surface area contributed by atoms with Crippen LogP contribution in [0.1, 0.15) is 49.6 Å². The molecule has 6 heteroatoms. The van der Waals surface area contributed by atoms with Crippen molar-refractivity contribution in [1.82, 2.24) is 9.97 Å². The van der Waals surface area contributed by atoms with Crippen LogP contribution < -0.4 is 5.32 Å². The number of hydrogen-bond acceptors (Lipinski definition) is 2. The quantitative estimate of drug-likeness (QED) is 0.874. The molecule has 0 saturated heterocycles. The fraction of sp³-hybridized carbons (Fsp3) is 0.412. The van der Waals surface area contributed by atoms with Gasteiger partial charge in [0, 0.05) is 18.5 Å². The lowest BCUT2D eigenvalue weighted by Gasteiger charge is -2.03. The number of amides is 1. The Balaban J connectivity index is 1.93. The molecule has 2 atom stereocenters. The van der Waals surface area contributed by atoms with E-state index in [0.717, 1.165) is 17.0 Å². The number of carbonyl (C=O) groups is 1. The van der Waals surface area contributed by atoms with Gasteiger partial charge in [0.25, 0.3) is 0 Å². The van der Waals surface area contributed by atoms with Gasteiger partial charge in [-0.15, -0.1) is 0 Å². The molecule has 1 aromatic carbocycles. The van der Waals surface area contributed by atoms with Crippen molar-refractivity contribution in [3.8, 4) is 0 Å². The molecule has 1 heterocycles. The Morgan fingerprint density at radius 3 is 2.70 bits per heavy atom. The van der Waals surface area contributed by atoms with Gasteiger partial charge in [0.05, 0.1) is 10.7 Å². The highest BCUT2D eigenvalue weighted by molar-refractivity contribution is 6.30. The number of aromatic amines is 1. The largest absolute Gasteiger partial charge is 0.328 e. The van der Waals surface area contributed by atoms with Crippen LogP contribution in [0, 0.1) is 18.2 Å². The van der Waals surface area contributed by atoms with Crippen LogP contribution in [0.4, 0.5) is 10.3 Å². The Morgan fingerprint density at radius 2 is 2.09 bits per heavy atom. The summed E-state index contributed by atoms with van der Waals surface area (Å²) < 4.78 is 13.4. The van der Waals surface area contributed by atoms with E-state index in [1.54, 1.807) is 12.1 Å². The van der Waals surface area contributed by atoms with Gasteiger partial charge >= 0.3 is 0 Å². The first-order chi connectivity index (χ1) is 10.7. The lowest BCUT2D eigenvalue weighted by molar-refractivity contribution is -0.114. The molecule has 0 unspecified atom stereocenters. The number of anilines is 1. The van der Waals surface area contributed by atoms with E-state index < -0.39 is 5.82 Å². The molecule has 0 radical (unpaired) electrons. The van der Waals surface area contributed by atoms with Crippen molar-refractivity contribution >= 4 is 23.5 Å². The zero-order valence-corrected chi connectivity index (χ0v) is 14.3. The minimum absolute atomic E-state index is 0.00535. The SMILES string of the molecule is CC(=O)Nc1nc([C@@H]2[C@@H](c3ccc(F)c(Cl)c3)C2(C)C)c(C)[nH]1. The predicted molar refractivity (Wildman–Crippen MR) is 88.3 cm³/mol. The number of nitrogens with zero attached hydrogens (tertiary/aromatic N) is 1. The van der Waals surface area contributed by atoms with Crippen LogP contribution in [0.15, 0.2) is 18.2 Å². The Morgan fingerprint density at radius 1 is 1.39 bits per heavy atom. The van der Waals surface area contributed by atoms with Crippen LogP contribution >= 0.6 is 11.6 Å². The van der Waals surface area contributed by atoms with E-state index in [2.05, 4.69) is 29.1 Å². The summed E-state index contributed by atoms with van der Waals surface area (Å²) in [6, 6.07) is 4.88. The predicted octanol–water partition coefficient (Wildman–Crippen LogP) is 4.38. The summed E-state index contributed by atoms with van der Waals surface area (Å²) in [5, 5.41) is 2.81. The van der Waals surface area contributed by atoms with E-state index in [-0.39, 0.29) is 28.2 Å². The number of rotatable bonds is 3. The number of aromatic nitrogens is 2. The van der Waals surface area contributed by atoms with Gasteiger partial charge in [-0.2, -0.15) is 0 Å². The highest BCUT2D eigenvalue weighted by Crippen LogP contribution is 2.70. The van der Waals surface area contributed by atoms with Gasteiger partial charge in [-0.25, -0.2) is 9.37 Å². The molecule has 2 N–H and O–H groups in total. The van der Waals surface area contributed by atoms with Crippen LogP contribution in [0.2, 0.25) is 5.02 Å². The summed E-state index contributed by atoms with van der Waals surface area (Å²) in [6.45, 7) is 7.70. The molecule has 4 nitrogen and oxygen atoms in total. The number of H-pyrrole nitrogens is 1. The van der Waals surface area contributed by atoms with Crippen molar-refractivity contribution in [3.05, 3.63) is 46.0 Å². The van der Waals surface area contributed by atoms with E-state index in [0.29, 0.717) is 5.95 Å². The van der Waals surface area contributed by atoms with Gasteiger partial charge in [0.15, 0.2) is 0 Å². The van der Waals surface area contributed by atoms with Crippen LogP contribution in [0.25, 0.3) is 0 Å². The zero-order chi connectivity index (χ0) is 16.9. The van der Waals surface area contributed by atoms with Crippen molar-refractivity contribution in [2.75, 3.05) is 5.32 Å². The number of benzene rings is 1. The molecule has 1 aromatic heterocycles. The van der Waals surface area contributed by atoms with Crippen molar-refractivity contribution in [2.45, 2.75) is 39.5 Å². The zero-order valence-electron chi connectivity index (χ0n) is 13.5. The highest BCUT2D eigenvalue weighted by Gasteiger charge is 2.60. The third kappa shape index (κ3) is 2.74. The van der Waals surface area contributed by atoms with E-state index in [1.165, 1.54) is 13.0 Å². The highest BCUT2D eigenvalue weighted by atomic mass is 35.5. The van der Waals surface area contributed by atoms with Gasteiger partial charge < -0.3 is 4.98 Å². The minimum Gasteiger partial charge on any atom is -0.328 e. The van der Waals surface area contributed by atoms with Gasteiger partial charge in [-0.1, -0.05) is 31.5 Å².